The summed E-state index contributed by atoms with van der Waals surface area (Å²) in [4.78, 5) is 0. The van der Waals surface area contributed by atoms with Crippen molar-refractivity contribution < 1.29 is 8.42 Å². The van der Waals surface area contributed by atoms with Gasteiger partial charge in [-0.15, -0.1) is 0 Å². The van der Waals surface area contributed by atoms with Crippen LogP contribution in [0.15, 0.2) is 11.6 Å². The van der Waals surface area contributed by atoms with Crippen molar-refractivity contribution in [3.8, 4) is 0 Å². The number of sulfone groups is 1. The zero-order valence-corrected chi connectivity index (χ0v) is 5.98. The third-order valence-electron chi connectivity index (χ3n) is 1.34. The van der Waals surface area contributed by atoms with E-state index < -0.39 is 9.84 Å². The van der Waals surface area contributed by atoms with Gasteiger partial charge in [-0.2, -0.15) is 0 Å². The molecule has 3 nitrogen and oxygen atoms in total. The highest BCUT2D eigenvalue weighted by molar-refractivity contribution is 7.94. The van der Waals surface area contributed by atoms with Crippen LogP contribution >= 0.6 is 0 Å². The van der Waals surface area contributed by atoms with Crippen molar-refractivity contribution >= 4 is 9.84 Å². The Hall–Kier alpha value is -0.510. The van der Waals surface area contributed by atoms with Gasteiger partial charge in [0.05, 0.1) is 5.25 Å². The van der Waals surface area contributed by atoms with E-state index in [9.17, 15) is 8.42 Å². The quantitative estimate of drug-likeness (QED) is 0.519. The van der Waals surface area contributed by atoms with Crippen molar-refractivity contribution in [1.29, 1.82) is 0 Å². The number of hydrogen-bond donors (Lipinski definition) is 1. The number of hydrogen-bond acceptors (Lipinski definition) is 3. The molecule has 9 heavy (non-hydrogen) atoms. The monoisotopic (exact) mass is 147 g/mol. The summed E-state index contributed by atoms with van der Waals surface area (Å²) >= 11 is 0. The van der Waals surface area contributed by atoms with Gasteiger partial charge in [0.25, 0.3) is 0 Å². The van der Waals surface area contributed by atoms with E-state index in [2.05, 4.69) is 5.32 Å². The predicted octanol–water partition coefficient (Wildman–Crippen LogP) is -0.136. The van der Waals surface area contributed by atoms with Gasteiger partial charge < -0.3 is 5.32 Å². The first-order valence-electron chi connectivity index (χ1n) is 2.77. The summed E-state index contributed by atoms with van der Waals surface area (Å²) in [5.41, 5.74) is 0. The second-order valence-corrected chi connectivity index (χ2v) is 4.37. The predicted molar refractivity (Wildman–Crippen MR) is 35.5 cm³/mol. The van der Waals surface area contributed by atoms with Crippen LogP contribution in [0, 0.1) is 0 Å². The molecule has 4 heteroatoms. The molecule has 1 N–H and O–H groups in total. The normalized spacial score (nSPS) is 31.4. The van der Waals surface area contributed by atoms with Gasteiger partial charge in [-0.05, 0) is 6.92 Å². The Morgan fingerprint density at radius 3 is 2.67 bits per heavy atom. The highest BCUT2D eigenvalue weighted by Gasteiger charge is 2.19. The summed E-state index contributed by atoms with van der Waals surface area (Å²) in [5, 5.41) is 3.76. The van der Waals surface area contributed by atoms with E-state index in [0.29, 0.717) is 6.54 Å². The molecule has 1 aliphatic heterocycles. The minimum atomic E-state index is -2.90. The molecule has 0 aromatic carbocycles. The largest absolute Gasteiger partial charge is 0.389 e. The Morgan fingerprint density at radius 2 is 2.33 bits per heavy atom. The van der Waals surface area contributed by atoms with Gasteiger partial charge in [0.15, 0.2) is 9.84 Å². The molecule has 0 fully saturated rings. The third kappa shape index (κ3) is 1.24. The average molecular weight is 147 g/mol. The number of nitrogens with one attached hydrogen (secondary N) is 1. The van der Waals surface area contributed by atoms with Gasteiger partial charge in [-0.25, -0.2) is 8.42 Å². The molecule has 52 valence electrons. The smallest absolute Gasteiger partial charge is 0.177 e. The fourth-order valence-electron chi connectivity index (χ4n) is 0.627. The first-order valence-corrected chi connectivity index (χ1v) is 4.38. The molecule has 0 aromatic rings. The lowest BCUT2D eigenvalue weighted by Crippen LogP contribution is -2.31. The molecule has 1 aliphatic rings. The van der Waals surface area contributed by atoms with Gasteiger partial charge in [0.2, 0.25) is 0 Å². The summed E-state index contributed by atoms with van der Waals surface area (Å²) in [6.07, 6.45) is 1.47. The molecule has 0 aromatic heterocycles. The summed E-state index contributed by atoms with van der Waals surface area (Å²) in [6, 6.07) is 0. The molecule has 0 bridgehead atoms. The van der Waals surface area contributed by atoms with Crippen LogP contribution in [0.25, 0.3) is 0 Å². The zero-order valence-electron chi connectivity index (χ0n) is 5.16. The highest BCUT2D eigenvalue weighted by Crippen LogP contribution is 2.05. The van der Waals surface area contributed by atoms with Crippen molar-refractivity contribution in [2.75, 3.05) is 6.54 Å². The Bertz CT molecular complexity index is 217. The van der Waals surface area contributed by atoms with Crippen molar-refractivity contribution in [3.63, 3.8) is 0 Å². The van der Waals surface area contributed by atoms with Crippen LogP contribution in [0.1, 0.15) is 6.92 Å². The van der Waals surface area contributed by atoms with Crippen LogP contribution < -0.4 is 5.32 Å². The minimum absolute atomic E-state index is 0.275. The molecule has 1 unspecified atom stereocenters. The molecule has 0 spiro atoms. The molecular weight excluding hydrogens is 138 g/mol. The van der Waals surface area contributed by atoms with E-state index in [1.54, 1.807) is 6.92 Å². The lowest BCUT2D eigenvalue weighted by Gasteiger charge is -2.13. The maximum Gasteiger partial charge on any atom is 0.177 e. The van der Waals surface area contributed by atoms with Crippen LogP contribution in [0.5, 0.6) is 0 Å². The standard InChI is InChI=1S/C5H9NO2S/c1-5-4-6-2-3-9(5,7)8/h2-3,5-6H,4H2,1H3. The Kier molecular flexibility index (Phi) is 1.48. The van der Waals surface area contributed by atoms with Gasteiger partial charge in [-0.1, -0.05) is 0 Å². The summed E-state index contributed by atoms with van der Waals surface area (Å²) < 4.78 is 21.7. The fourth-order valence-corrected chi connectivity index (χ4v) is 1.51. The fraction of sp³-hybridized carbons (Fsp3) is 0.600. The molecule has 0 amide bonds. The van der Waals surface area contributed by atoms with Crippen LogP contribution in [0.2, 0.25) is 0 Å². The molecular formula is C5H9NO2S. The number of rotatable bonds is 0. The van der Waals surface area contributed by atoms with E-state index in [1.165, 1.54) is 11.6 Å². The van der Waals surface area contributed by atoms with Crippen LogP contribution in [0.4, 0.5) is 0 Å². The summed E-state index contributed by atoms with van der Waals surface area (Å²) in [5.74, 6) is 0. The molecule has 0 saturated carbocycles. The maximum absolute atomic E-state index is 10.9. The van der Waals surface area contributed by atoms with Crippen molar-refractivity contribution in [2.24, 2.45) is 0 Å². The molecule has 0 saturated heterocycles. The van der Waals surface area contributed by atoms with Crippen LogP contribution in [0.3, 0.4) is 0 Å². The van der Waals surface area contributed by atoms with E-state index in [-0.39, 0.29) is 5.25 Å². The van der Waals surface area contributed by atoms with Gasteiger partial charge in [-0.3, -0.25) is 0 Å². The third-order valence-corrected chi connectivity index (χ3v) is 3.15. The second-order valence-electron chi connectivity index (χ2n) is 2.11. The van der Waals surface area contributed by atoms with Crippen molar-refractivity contribution in [1.82, 2.24) is 5.32 Å². The zero-order chi connectivity index (χ0) is 6.91. The first-order chi connectivity index (χ1) is 4.13. The lowest BCUT2D eigenvalue weighted by molar-refractivity contribution is 0.585. The van der Waals surface area contributed by atoms with E-state index in [1.807, 2.05) is 0 Å². The second kappa shape index (κ2) is 2.02. The lowest BCUT2D eigenvalue weighted by atomic mass is 10.5. The molecule has 1 heterocycles. The topological polar surface area (TPSA) is 46.2 Å². The molecule has 0 aliphatic carbocycles. The van der Waals surface area contributed by atoms with Gasteiger partial charge in [0.1, 0.15) is 0 Å². The van der Waals surface area contributed by atoms with Gasteiger partial charge in [0, 0.05) is 18.2 Å². The summed E-state index contributed by atoms with van der Waals surface area (Å²) in [7, 11) is -2.90. The van der Waals surface area contributed by atoms with Gasteiger partial charge >= 0.3 is 0 Å². The minimum Gasteiger partial charge on any atom is -0.389 e. The first kappa shape index (κ1) is 6.61. The van der Waals surface area contributed by atoms with E-state index in [4.69, 9.17) is 0 Å². The Morgan fingerprint density at radius 1 is 1.67 bits per heavy atom. The molecule has 1 rings (SSSR count). The highest BCUT2D eigenvalue weighted by atomic mass is 32.2. The average Bonchev–Trinajstić information content (AvgIpc) is 1.77. The van der Waals surface area contributed by atoms with E-state index in [0.717, 1.165) is 0 Å². The molecule has 0 radical (unpaired) electrons. The molecule has 1 atom stereocenters. The van der Waals surface area contributed by atoms with Crippen LogP contribution in [-0.2, 0) is 9.84 Å². The Balaban J connectivity index is 2.95. The van der Waals surface area contributed by atoms with Crippen molar-refractivity contribution in [3.05, 3.63) is 11.6 Å². The SMILES string of the molecule is CC1CNC=CS1(=O)=O. The Labute approximate surface area is 54.7 Å². The van der Waals surface area contributed by atoms with Crippen molar-refractivity contribution in [2.45, 2.75) is 12.2 Å². The van der Waals surface area contributed by atoms with Crippen LogP contribution in [-0.4, -0.2) is 20.2 Å². The maximum atomic E-state index is 10.9. The summed E-state index contributed by atoms with van der Waals surface area (Å²) in [6.45, 7) is 2.21. The van der Waals surface area contributed by atoms with E-state index >= 15 is 0 Å².